The Morgan fingerprint density at radius 2 is 1.31 bits per heavy atom. The first-order chi connectivity index (χ1) is 12.8. The van der Waals surface area contributed by atoms with Gasteiger partial charge in [0.2, 0.25) is 0 Å². The predicted molar refractivity (Wildman–Crippen MR) is 103 cm³/mol. The summed E-state index contributed by atoms with van der Waals surface area (Å²) in [5, 5.41) is 8.72. The molecule has 0 unspecified atom stereocenters. The first kappa shape index (κ1) is 17.3. The Balaban J connectivity index is 1.77. The van der Waals surface area contributed by atoms with Crippen molar-refractivity contribution in [2.24, 2.45) is 0 Å². The van der Waals surface area contributed by atoms with E-state index in [4.69, 9.17) is 14.7 Å². The fourth-order valence-corrected chi connectivity index (χ4v) is 2.46. The minimum atomic E-state index is 0.452. The Morgan fingerprint density at radius 1 is 0.731 bits per heavy atom. The first-order valence-electron chi connectivity index (χ1n) is 8.39. The van der Waals surface area contributed by atoms with E-state index in [9.17, 15) is 0 Å². The van der Waals surface area contributed by atoms with Crippen LogP contribution in [0, 0.1) is 11.3 Å². The highest BCUT2D eigenvalue weighted by molar-refractivity contribution is 5.57. The topological polar surface area (TPSA) is 42.2 Å². The highest BCUT2D eigenvalue weighted by Gasteiger charge is 2.07. The molecule has 0 spiro atoms. The molecule has 3 nitrogen and oxygen atoms in total. The number of benzene rings is 3. The lowest BCUT2D eigenvalue weighted by molar-refractivity contribution is 0.256. The minimum Gasteiger partial charge on any atom is -0.485 e. The average molecular weight is 342 g/mol. The molecule has 26 heavy (non-hydrogen) atoms. The van der Waals surface area contributed by atoms with Gasteiger partial charge in [-0.15, -0.1) is 0 Å². The average Bonchev–Trinajstić information content (AvgIpc) is 2.71. The van der Waals surface area contributed by atoms with Crippen molar-refractivity contribution in [2.75, 3.05) is 0 Å². The van der Waals surface area contributed by atoms with Crippen molar-refractivity contribution in [1.82, 2.24) is 0 Å². The summed E-state index contributed by atoms with van der Waals surface area (Å²) < 4.78 is 11.9. The predicted octanol–water partition coefficient (Wildman–Crippen LogP) is 5.38. The van der Waals surface area contributed by atoms with E-state index in [1.807, 2.05) is 84.9 Å². The van der Waals surface area contributed by atoms with E-state index in [1.165, 1.54) is 6.08 Å². The molecule has 0 aliphatic carbocycles. The standard InChI is InChI=1S/C23H19NO2/c24-15-7-12-19-13-14-22(25-17-20-8-3-1-4-9-20)23(16-19)26-18-21-10-5-2-6-11-21/h1-14,16H,17-18H2/b12-7-/i15+1. The molecule has 0 radical (unpaired) electrons. The van der Waals surface area contributed by atoms with E-state index in [2.05, 4.69) is 0 Å². The van der Waals surface area contributed by atoms with Gasteiger partial charge in [-0.1, -0.05) is 66.7 Å². The van der Waals surface area contributed by atoms with Crippen molar-refractivity contribution >= 4 is 6.08 Å². The molecule has 0 aliphatic rings. The van der Waals surface area contributed by atoms with Gasteiger partial charge in [-0.2, -0.15) is 5.26 Å². The maximum Gasteiger partial charge on any atom is 0.162 e. The summed E-state index contributed by atoms with van der Waals surface area (Å²) in [6.07, 6.45) is 3.19. The third-order valence-corrected chi connectivity index (χ3v) is 3.79. The second kappa shape index (κ2) is 9.10. The largest absolute Gasteiger partial charge is 0.485 e. The molecule has 0 atom stereocenters. The summed E-state index contributed by atoms with van der Waals surface area (Å²) in [7, 11) is 0. The lowest BCUT2D eigenvalue weighted by atomic mass is 10.2. The van der Waals surface area contributed by atoms with Crippen LogP contribution < -0.4 is 9.47 Å². The zero-order valence-corrected chi connectivity index (χ0v) is 14.3. The Kier molecular flexibility index (Phi) is 6.06. The first-order valence-corrected chi connectivity index (χ1v) is 8.39. The van der Waals surface area contributed by atoms with Gasteiger partial charge in [0.05, 0.1) is 6.07 Å². The number of allylic oxidation sites excluding steroid dienone is 1. The van der Waals surface area contributed by atoms with Gasteiger partial charge in [0.25, 0.3) is 0 Å². The smallest absolute Gasteiger partial charge is 0.162 e. The van der Waals surface area contributed by atoms with Gasteiger partial charge in [0.1, 0.15) is 13.2 Å². The summed E-state index contributed by atoms with van der Waals surface area (Å²) in [4.78, 5) is 0. The molecule has 0 fully saturated rings. The van der Waals surface area contributed by atoms with Crippen LogP contribution in [-0.2, 0) is 13.2 Å². The van der Waals surface area contributed by atoms with E-state index in [0.717, 1.165) is 16.7 Å². The van der Waals surface area contributed by atoms with Crippen LogP contribution >= 0.6 is 0 Å². The van der Waals surface area contributed by atoms with E-state index in [1.54, 1.807) is 6.08 Å². The summed E-state index contributed by atoms with van der Waals surface area (Å²) in [5.41, 5.74) is 3.07. The fourth-order valence-electron chi connectivity index (χ4n) is 2.46. The molecular formula is C23H19NO2. The Labute approximate surface area is 153 Å². The van der Waals surface area contributed by atoms with Gasteiger partial charge in [-0.25, -0.2) is 0 Å². The van der Waals surface area contributed by atoms with Crippen molar-refractivity contribution in [1.29, 1.82) is 5.26 Å². The molecule has 0 aliphatic heterocycles. The lowest BCUT2D eigenvalue weighted by Gasteiger charge is -2.14. The van der Waals surface area contributed by atoms with Crippen molar-refractivity contribution in [3.63, 3.8) is 0 Å². The third kappa shape index (κ3) is 4.99. The Hall–Kier alpha value is -3.51. The fraction of sp³-hybridized carbons (Fsp3) is 0.0870. The van der Waals surface area contributed by atoms with Crippen molar-refractivity contribution < 1.29 is 9.47 Å². The zero-order chi connectivity index (χ0) is 18.0. The maximum absolute atomic E-state index is 8.72. The van der Waals surface area contributed by atoms with Gasteiger partial charge >= 0.3 is 0 Å². The van der Waals surface area contributed by atoms with Crippen molar-refractivity contribution in [3.8, 4) is 17.6 Å². The minimum absolute atomic E-state index is 0.452. The van der Waals surface area contributed by atoms with E-state index >= 15 is 0 Å². The summed E-state index contributed by atoms with van der Waals surface area (Å²) in [6, 6.07) is 27.7. The van der Waals surface area contributed by atoms with Crippen LogP contribution in [0.2, 0.25) is 0 Å². The molecule has 0 heterocycles. The number of ether oxygens (including phenoxy) is 2. The molecule has 3 aromatic carbocycles. The highest BCUT2D eigenvalue weighted by Crippen LogP contribution is 2.30. The Morgan fingerprint density at radius 3 is 1.88 bits per heavy atom. The van der Waals surface area contributed by atoms with Crippen molar-refractivity contribution in [2.45, 2.75) is 13.2 Å². The van der Waals surface area contributed by atoms with Crippen LogP contribution in [0.15, 0.2) is 84.9 Å². The monoisotopic (exact) mass is 342 g/mol. The molecule has 3 aromatic rings. The second-order valence-corrected chi connectivity index (χ2v) is 5.72. The lowest BCUT2D eigenvalue weighted by Crippen LogP contribution is -2.00. The van der Waals surface area contributed by atoms with E-state index in [-0.39, 0.29) is 0 Å². The number of hydrogen-bond donors (Lipinski definition) is 0. The number of nitrogens with zero attached hydrogens (tertiary/aromatic N) is 1. The normalized spacial score (nSPS) is 10.4. The molecule has 0 aromatic heterocycles. The van der Waals surface area contributed by atoms with Gasteiger partial charge in [0, 0.05) is 6.08 Å². The molecule has 0 bridgehead atoms. The molecule has 0 saturated carbocycles. The molecule has 3 heteroatoms. The quantitative estimate of drug-likeness (QED) is 0.427. The van der Waals surface area contributed by atoms with Crippen LogP contribution in [0.25, 0.3) is 6.08 Å². The molecular weight excluding hydrogens is 323 g/mol. The highest BCUT2D eigenvalue weighted by atomic mass is 16.5. The summed E-state index contributed by atoms with van der Waals surface area (Å²) in [6.45, 7) is 0.921. The summed E-state index contributed by atoms with van der Waals surface area (Å²) >= 11 is 0. The van der Waals surface area contributed by atoms with E-state index in [0.29, 0.717) is 24.7 Å². The molecule has 3 rings (SSSR count). The van der Waals surface area contributed by atoms with Crippen LogP contribution in [0.3, 0.4) is 0 Å². The van der Waals surface area contributed by atoms with Crippen LogP contribution in [0.4, 0.5) is 0 Å². The molecule has 128 valence electrons. The zero-order valence-electron chi connectivity index (χ0n) is 14.3. The number of rotatable bonds is 7. The second-order valence-electron chi connectivity index (χ2n) is 5.72. The number of nitriles is 1. The van der Waals surface area contributed by atoms with Crippen LogP contribution in [-0.4, -0.2) is 0 Å². The molecule has 0 saturated heterocycles. The maximum atomic E-state index is 8.72. The third-order valence-electron chi connectivity index (χ3n) is 3.79. The van der Waals surface area contributed by atoms with Gasteiger partial charge in [-0.05, 0) is 34.9 Å². The van der Waals surface area contributed by atoms with Gasteiger partial charge < -0.3 is 9.47 Å². The number of hydrogen-bond acceptors (Lipinski definition) is 3. The molecule has 0 amide bonds. The van der Waals surface area contributed by atoms with Crippen LogP contribution in [0.5, 0.6) is 11.5 Å². The summed E-state index contributed by atoms with van der Waals surface area (Å²) in [5.74, 6) is 1.34. The van der Waals surface area contributed by atoms with E-state index < -0.39 is 0 Å². The van der Waals surface area contributed by atoms with Crippen LogP contribution in [0.1, 0.15) is 16.7 Å². The molecule has 0 N–H and O–H groups in total. The van der Waals surface area contributed by atoms with Gasteiger partial charge in [-0.3, -0.25) is 0 Å². The van der Waals surface area contributed by atoms with Gasteiger partial charge in [0.15, 0.2) is 11.5 Å². The SMILES string of the molecule is N#[13C]/C=C\c1ccc(OCc2ccccc2)c(OCc2ccccc2)c1. The Bertz CT molecular complexity index is 896. The van der Waals surface area contributed by atoms with Crippen molar-refractivity contribution in [3.05, 3.63) is 102 Å².